The van der Waals surface area contributed by atoms with E-state index in [4.69, 9.17) is 0 Å². The van der Waals surface area contributed by atoms with Crippen LogP contribution in [-0.4, -0.2) is 6.04 Å². The van der Waals surface area contributed by atoms with Crippen molar-refractivity contribution in [2.24, 2.45) is 0 Å². The quantitative estimate of drug-likeness (QED) is 0.539. The summed E-state index contributed by atoms with van der Waals surface area (Å²) < 4.78 is 27.8. The molecule has 1 N–H and O–H groups in total. The van der Waals surface area contributed by atoms with Crippen LogP contribution in [0.1, 0.15) is 56.6 Å². The highest BCUT2D eigenvalue weighted by atomic mass is 19.2. The normalized spacial score (nSPS) is 20.1. The first kappa shape index (κ1) is 20.2. The molecular weight excluding hydrogens is 328 g/mol. The lowest BCUT2D eigenvalue weighted by Crippen LogP contribution is -2.29. The minimum Gasteiger partial charge on any atom is -0.381 e. The van der Waals surface area contributed by atoms with Gasteiger partial charge < -0.3 is 5.32 Å². The van der Waals surface area contributed by atoms with Gasteiger partial charge in [0.2, 0.25) is 0 Å². The standard InChI is InChI=1S/C23H29F2N/c1-5-7-8-18(19-11-9-16(3)10-12-19)13-14-20-15-21(24)22(25)17(4)23(20)26-6-2/h6,9-12,14-15,18,23,26H,2,5,7-8,13H2,1,3-4H3/b20-14+. The third kappa shape index (κ3) is 4.94. The molecule has 1 aliphatic rings. The summed E-state index contributed by atoms with van der Waals surface area (Å²) in [4.78, 5) is 0. The Kier molecular flexibility index (Phi) is 7.38. The maximum absolute atomic E-state index is 13.9. The summed E-state index contributed by atoms with van der Waals surface area (Å²) >= 11 is 0. The van der Waals surface area contributed by atoms with Gasteiger partial charge in [-0.25, -0.2) is 8.78 Å². The Bertz CT molecular complexity index is 710. The van der Waals surface area contributed by atoms with Gasteiger partial charge >= 0.3 is 0 Å². The van der Waals surface area contributed by atoms with Gasteiger partial charge in [0, 0.05) is 0 Å². The summed E-state index contributed by atoms with van der Waals surface area (Å²) in [6, 6.07) is 8.25. The van der Waals surface area contributed by atoms with Crippen molar-refractivity contribution in [3.05, 3.63) is 83.1 Å². The lowest BCUT2D eigenvalue weighted by molar-refractivity contribution is 0.515. The molecule has 1 aliphatic carbocycles. The number of unbranched alkanes of at least 4 members (excludes halogenated alkanes) is 1. The van der Waals surface area contributed by atoms with E-state index in [-0.39, 0.29) is 6.04 Å². The molecule has 2 unspecified atom stereocenters. The summed E-state index contributed by atoms with van der Waals surface area (Å²) in [6.45, 7) is 9.54. The van der Waals surface area contributed by atoms with Crippen LogP contribution in [0, 0.1) is 6.92 Å². The van der Waals surface area contributed by atoms with Gasteiger partial charge in [0.15, 0.2) is 11.7 Å². The summed E-state index contributed by atoms with van der Waals surface area (Å²) in [5.41, 5.74) is 3.66. The van der Waals surface area contributed by atoms with Crippen LogP contribution >= 0.6 is 0 Å². The molecule has 1 aromatic carbocycles. The maximum Gasteiger partial charge on any atom is 0.160 e. The minimum absolute atomic E-state index is 0.358. The van der Waals surface area contributed by atoms with Gasteiger partial charge in [0.05, 0.1) is 6.04 Å². The Balaban J connectivity index is 2.26. The first-order valence-electron chi connectivity index (χ1n) is 9.35. The van der Waals surface area contributed by atoms with E-state index in [0.717, 1.165) is 31.3 Å². The molecule has 0 amide bonds. The van der Waals surface area contributed by atoms with Crippen molar-refractivity contribution in [1.82, 2.24) is 5.32 Å². The molecular formula is C23H29F2N. The average Bonchev–Trinajstić information content (AvgIpc) is 2.64. The Morgan fingerprint density at radius 1 is 1.19 bits per heavy atom. The van der Waals surface area contributed by atoms with Gasteiger partial charge in [0.1, 0.15) is 0 Å². The van der Waals surface area contributed by atoms with Crippen molar-refractivity contribution < 1.29 is 8.78 Å². The highest BCUT2D eigenvalue weighted by Crippen LogP contribution is 2.33. The number of allylic oxidation sites excluding steroid dienone is 3. The number of nitrogens with one attached hydrogen (secondary N) is 1. The molecule has 0 saturated carbocycles. The second-order valence-electron chi connectivity index (χ2n) is 6.98. The average molecular weight is 357 g/mol. The van der Waals surface area contributed by atoms with Crippen LogP contribution in [0.4, 0.5) is 8.78 Å². The second-order valence-corrected chi connectivity index (χ2v) is 6.98. The zero-order valence-corrected chi connectivity index (χ0v) is 16.0. The van der Waals surface area contributed by atoms with Crippen molar-refractivity contribution in [2.75, 3.05) is 0 Å². The Hall–Kier alpha value is -2.16. The van der Waals surface area contributed by atoms with E-state index >= 15 is 0 Å². The van der Waals surface area contributed by atoms with Crippen LogP contribution in [0.3, 0.4) is 0 Å². The Labute approximate surface area is 156 Å². The number of hydrogen-bond donors (Lipinski definition) is 1. The summed E-state index contributed by atoms with van der Waals surface area (Å²) in [7, 11) is 0. The molecule has 0 aromatic heterocycles. The summed E-state index contributed by atoms with van der Waals surface area (Å²) in [5, 5.41) is 3.04. The molecule has 140 valence electrons. The minimum atomic E-state index is -0.795. The predicted molar refractivity (Wildman–Crippen MR) is 106 cm³/mol. The fourth-order valence-electron chi connectivity index (χ4n) is 3.36. The molecule has 3 heteroatoms. The number of halogens is 2. The second kappa shape index (κ2) is 9.51. The maximum atomic E-state index is 13.9. The number of benzene rings is 1. The lowest BCUT2D eigenvalue weighted by atomic mass is 9.87. The van der Waals surface area contributed by atoms with Gasteiger partial charge in [-0.05, 0) is 61.6 Å². The number of rotatable bonds is 8. The smallest absolute Gasteiger partial charge is 0.160 e. The fourth-order valence-corrected chi connectivity index (χ4v) is 3.36. The van der Waals surface area contributed by atoms with E-state index in [1.54, 1.807) is 6.92 Å². The van der Waals surface area contributed by atoms with Crippen LogP contribution in [-0.2, 0) is 0 Å². The molecule has 0 bridgehead atoms. The molecule has 0 spiro atoms. The molecule has 0 aliphatic heterocycles. The Morgan fingerprint density at radius 2 is 1.88 bits per heavy atom. The van der Waals surface area contributed by atoms with E-state index in [1.807, 2.05) is 6.08 Å². The van der Waals surface area contributed by atoms with Crippen LogP contribution in [0.15, 0.2) is 72.0 Å². The molecule has 1 nitrogen and oxygen atoms in total. The molecule has 0 fully saturated rings. The molecule has 2 atom stereocenters. The van der Waals surface area contributed by atoms with E-state index in [1.165, 1.54) is 23.4 Å². The summed E-state index contributed by atoms with van der Waals surface area (Å²) in [6.07, 6.45) is 9.03. The van der Waals surface area contributed by atoms with Crippen LogP contribution < -0.4 is 5.32 Å². The van der Waals surface area contributed by atoms with Crippen molar-refractivity contribution in [3.8, 4) is 0 Å². The first-order chi connectivity index (χ1) is 12.5. The number of hydrogen-bond acceptors (Lipinski definition) is 1. The van der Waals surface area contributed by atoms with Gasteiger partial charge in [0.25, 0.3) is 0 Å². The van der Waals surface area contributed by atoms with Gasteiger partial charge in [-0.3, -0.25) is 0 Å². The SMILES string of the molecule is C=CNC1C(C)=C(F)C(F)=C/C1=C\CC(CCCC)c1ccc(C)cc1. The van der Waals surface area contributed by atoms with Gasteiger partial charge in [-0.2, -0.15) is 0 Å². The van der Waals surface area contributed by atoms with E-state index < -0.39 is 11.7 Å². The number of aryl methyl sites for hydroxylation is 1. The molecule has 26 heavy (non-hydrogen) atoms. The van der Waals surface area contributed by atoms with E-state index in [9.17, 15) is 8.78 Å². The fraction of sp³-hybridized carbons (Fsp3) is 0.391. The monoisotopic (exact) mass is 357 g/mol. The lowest BCUT2D eigenvalue weighted by Gasteiger charge is -2.25. The third-order valence-electron chi connectivity index (χ3n) is 4.99. The van der Waals surface area contributed by atoms with Crippen molar-refractivity contribution in [2.45, 2.75) is 58.4 Å². The van der Waals surface area contributed by atoms with Crippen LogP contribution in [0.2, 0.25) is 0 Å². The predicted octanol–water partition coefficient (Wildman–Crippen LogP) is 6.80. The first-order valence-corrected chi connectivity index (χ1v) is 9.35. The molecule has 0 radical (unpaired) electrons. The van der Waals surface area contributed by atoms with Crippen LogP contribution in [0.5, 0.6) is 0 Å². The molecule has 0 saturated heterocycles. The highest BCUT2D eigenvalue weighted by molar-refractivity contribution is 5.46. The van der Waals surface area contributed by atoms with Gasteiger partial charge in [-0.15, -0.1) is 0 Å². The Morgan fingerprint density at radius 3 is 2.50 bits per heavy atom. The van der Waals surface area contributed by atoms with Gasteiger partial charge in [-0.1, -0.05) is 62.2 Å². The zero-order chi connectivity index (χ0) is 19.1. The third-order valence-corrected chi connectivity index (χ3v) is 4.99. The zero-order valence-electron chi connectivity index (χ0n) is 16.0. The summed E-state index contributed by atoms with van der Waals surface area (Å²) in [5.74, 6) is -1.20. The van der Waals surface area contributed by atoms with Crippen LogP contribution in [0.25, 0.3) is 0 Å². The van der Waals surface area contributed by atoms with Crippen molar-refractivity contribution >= 4 is 0 Å². The topological polar surface area (TPSA) is 12.0 Å². The molecule has 1 aromatic rings. The van der Waals surface area contributed by atoms with E-state index in [0.29, 0.717) is 11.5 Å². The van der Waals surface area contributed by atoms with Crippen molar-refractivity contribution in [3.63, 3.8) is 0 Å². The molecule has 2 rings (SSSR count). The largest absolute Gasteiger partial charge is 0.381 e. The van der Waals surface area contributed by atoms with E-state index in [2.05, 4.69) is 50.0 Å². The highest BCUT2D eigenvalue weighted by Gasteiger charge is 2.25. The molecule has 0 heterocycles. The van der Waals surface area contributed by atoms with Crippen molar-refractivity contribution in [1.29, 1.82) is 0 Å².